The van der Waals surface area contributed by atoms with Crippen molar-refractivity contribution in [1.29, 1.82) is 0 Å². The SMILES string of the molecule is O=C(CN1CCO[C@H](CNc2cccnn2)C1)Nc1nccs1. The zero-order valence-electron chi connectivity index (χ0n) is 12.5. The van der Waals surface area contributed by atoms with Gasteiger partial charge in [-0.25, -0.2) is 4.98 Å². The number of thiazole rings is 1. The van der Waals surface area contributed by atoms with E-state index in [2.05, 4.69) is 30.7 Å². The summed E-state index contributed by atoms with van der Waals surface area (Å²) in [6.07, 6.45) is 3.31. The molecule has 1 amide bonds. The third-order valence-corrected chi connectivity index (χ3v) is 4.04. The van der Waals surface area contributed by atoms with Crippen LogP contribution in [0.2, 0.25) is 0 Å². The average Bonchev–Trinajstić information content (AvgIpc) is 3.07. The van der Waals surface area contributed by atoms with E-state index in [0.717, 1.165) is 12.4 Å². The number of carbonyl (C=O) groups is 1. The number of rotatable bonds is 6. The van der Waals surface area contributed by atoms with Gasteiger partial charge < -0.3 is 15.4 Å². The maximum Gasteiger partial charge on any atom is 0.240 e. The number of nitrogens with zero attached hydrogens (tertiary/aromatic N) is 4. The third-order valence-electron chi connectivity index (χ3n) is 3.35. The molecule has 0 bridgehead atoms. The van der Waals surface area contributed by atoms with Gasteiger partial charge in [0.1, 0.15) is 5.82 Å². The van der Waals surface area contributed by atoms with E-state index < -0.39 is 0 Å². The van der Waals surface area contributed by atoms with E-state index in [0.29, 0.717) is 31.4 Å². The van der Waals surface area contributed by atoms with Gasteiger partial charge in [-0.1, -0.05) is 0 Å². The van der Waals surface area contributed by atoms with Crippen LogP contribution >= 0.6 is 11.3 Å². The van der Waals surface area contributed by atoms with Crippen LogP contribution in [0.5, 0.6) is 0 Å². The zero-order chi connectivity index (χ0) is 15.9. The molecular formula is C14H18N6O2S. The van der Waals surface area contributed by atoms with E-state index in [1.807, 2.05) is 17.5 Å². The lowest BCUT2D eigenvalue weighted by Crippen LogP contribution is -2.47. The van der Waals surface area contributed by atoms with E-state index in [4.69, 9.17) is 4.74 Å². The zero-order valence-corrected chi connectivity index (χ0v) is 13.3. The molecule has 2 N–H and O–H groups in total. The first-order chi connectivity index (χ1) is 11.3. The number of hydrogen-bond donors (Lipinski definition) is 2. The summed E-state index contributed by atoms with van der Waals surface area (Å²) in [5.41, 5.74) is 0. The Morgan fingerprint density at radius 2 is 2.43 bits per heavy atom. The van der Waals surface area contributed by atoms with Gasteiger partial charge in [-0.2, -0.15) is 5.10 Å². The Morgan fingerprint density at radius 3 is 3.22 bits per heavy atom. The summed E-state index contributed by atoms with van der Waals surface area (Å²) in [7, 11) is 0. The van der Waals surface area contributed by atoms with Gasteiger partial charge in [-0.15, -0.1) is 16.4 Å². The lowest BCUT2D eigenvalue weighted by molar-refractivity contribution is -0.119. The molecule has 0 radical (unpaired) electrons. The Balaban J connectivity index is 1.43. The number of amides is 1. The Morgan fingerprint density at radius 1 is 1.48 bits per heavy atom. The number of anilines is 2. The van der Waals surface area contributed by atoms with Gasteiger partial charge in [0.15, 0.2) is 5.13 Å². The number of morpholine rings is 1. The van der Waals surface area contributed by atoms with Gasteiger partial charge in [0.05, 0.1) is 19.3 Å². The Labute approximate surface area is 137 Å². The molecule has 0 spiro atoms. The molecule has 1 saturated heterocycles. The minimum Gasteiger partial charge on any atom is -0.374 e. The van der Waals surface area contributed by atoms with Crippen molar-refractivity contribution < 1.29 is 9.53 Å². The van der Waals surface area contributed by atoms with Crippen LogP contribution in [0.1, 0.15) is 0 Å². The smallest absolute Gasteiger partial charge is 0.240 e. The fourth-order valence-electron chi connectivity index (χ4n) is 2.31. The molecule has 2 aromatic rings. The second-order valence-electron chi connectivity index (χ2n) is 5.10. The molecule has 0 aliphatic carbocycles. The highest BCUT2D eigenvalue weighted by atomic mass is 32.1. The van der Waals surface area contributed by atoms with Crippen LogP contribution in [-0.4, -0.2) is 64.9 Å². The van der Waals surface area contributed by atoms with E-state index in [1.165, 1.54) is 11.3 Å². The molecule has 1 fully saturated rings. The van der Waals surface area contributed by atoms with Crippen LogP contribution in [0.25, 0.3) is 0 Å². The van der Waals surface area contributed by atoms with Crippen LogP contribution < -0.4 is 10.6 Å². The minimum atomic E-state index is -0.0533. The molecule has 3 heterocycles. The van der Waals surface area contributed by atoms with Crippen molar-refractivity contribution in [3.8, 4) is 0 Å². The summed E-state index contributed by atoms with van der Waals surface area (Å²) in [5.74, 6) is 0.664. The first-order valence-corrected chi connectivity index (χ1v) is 8.22. The lowest BCUT2D eigenvalue weighted by Gasteiger charge is -2.32. The molecule has 9 heteroatoms. The fourth-order valence-corrected chi connectivity index (χ4v) is 2.85. The summed E-state index contributed by atoms with van der Waals surface area (Å²) >= 11 is 1.41. The minimum absolute atomic E-state index is 0.0124. The molecule has 1 aliphatic heterocycles. The quantitative estimate of drug-likeness (QED) is 0.803. The molecule has 0 saturated carbocycles. The Bertz CT molecular complexity index is 609. The molecule has 122 valence electrons. The van der Waals surface area contributed by atoms with Crippen LogP contribution in [0.15, 0.2) is 29.9 Å². The summed E-state index contributed by atoms with van der Waals surface area (Å²) < 4.78 is 5.72. The van der Waals surface area contributed by atoms with E-state index in [-0.39, 0.29) is 12.0 Å². The molecule has 2 aromatic heterocycles. The van der Waals surface area contributed by atoms with Gasteiger partial charge in [0.25, 0.3) is 0 Å². The highest BCUT2D eigenvalue weighted by Gasteiger charge is 2.22. The van der Waals surface area contributed by atoms with Crippen LogP contribution in [0, 0.1) is 0 Å². The molecule has 3 rings (SSSR count). The van der Waals surface area contributed by atoms with Gasteiger partial charge in [-0.3, -0.25) is 9.69 Å². The molecular weight excluding hydrogens is 316 g/mol. The second-order valence-corrected chi connectivity index (χ2v) is 6.00. The number of nitrogens with one attached hydrogen (secondary N) is 2. The highest BCUT2D eigenvalue weighted by Crippen LogP contribution is 2.11. The summed E-state index contributed by atoms with van der Waals surface area (Å²) in [4.78, 5) is 18.1. The molecule has 0 aromatic carbocycles. The largest absolute Gasteiger partial charge is 0.374 e. The molecule has 1 aliphatic rings. The molecule has 0 unspecified atom stereocenters. The summed E-state index contributed by atoms with van der Waals surface area (Å²) in [5, 5.41) is 16.2. The number of hydrogen-bond acceptors (Lipinski definition) is 8. The lowest BCUT2D eigenvalue weighted by atomic mass is 10.2. The predicted octanol–water partition coefficient (Wildman–Crippen LogP) is 0.684. The Hall–Kier alpha value is -2.10. The normalized spacial score (nSPS) is 18.5. The second kappa shape index (κ2) is 7.95. The van der Waals surface area contributed by atoms with Gasteiger partial charge in [0.2, 0.25) is 5.91 Å². The molecule has 8 nitrogen and oxygen atoms in total. The van der Waals surface area contributed by atoms with E-state index >= 15 is 0 Å². The van der Waals surface area contributed by atoms with Crippen LogP contribution in [0.3, 0.4) is 0 Å². The van der Waals surface area contributed by atoms with Crippen molar-refractivity contribution in [3.05, 3.63) is 29.9 Å². The monoisotopic (exact) mass is 334 g/mol. The van der Waals surface area contributed by atoms with Gasteiger partial charge >= 0.3 is 0 Å². The first kappa shape index (κ1) is 15.8. The Kier molecular flexibility index (Phi) is 5.46. The number of ether oxygens (including phenoxy) is 1. The van der Waals surface area contributed by atoms with Crippen molar-refractivity contribution in [2.45, 2.75) is 6.10 Å². The van der Waals surface area contributed by atoms with E-state index in [9.17, 15) is 4.79 Å². The van der Waals surface area contributed by atoms with Crippen molar-refractivity contribution >= 4 is 28.2 Å². The maximum atomic E-state index is 12.0. The molecule has 23 heavy (non-hydrogen) atoms. The standard InChI is InChI=1S/C14H18N6O2S/c21-13(18-14-15-4-7-23-14)10-20-5-6-22-11(9-20)8-16-12-2-1-3-17-19-12/h1-4,7,11H,5-6,8-10H2,(H,16,19)(H,15,18,21)/t11-/m1/s1. The topological polar surface area (TPSA) is 92.3 Å². The van der Waals surface area contributed by atoms with Gasteiger partial charge in [0, 0.05) is 37.4 Å². The number of carbonyl (C=O) groups excluding carboxylic acids is 1. The average molecular weight is 334 g/mol. The predicted molar refractivity (Wildman–Crippen MR) is 87.4 cm³/mol. The highest BCUT2D eigenvalue weighted by molar-refractivity contribution is 7.13. The van der Waals surface area contributed by atoms with Gasteiger partial charge in [-0.05, 0) is 12.1 Å². The maximum absolute atomic E-state index is 12.0. The summed E-state index contributed by atoms with van der Waals surface area (Å²) in [6.45, 7) is 3.01. The van der Waals surface area contributed by atoms with Crippen molar-refractivity contribution in [2.75, 3.05) is 43.4 Å². The van der Waals surface area contributed by atoms with Crippen LogP contribution in [0.4, 0.5) is 10.9 Å². The van der Waals surface area contributed by atoms with Crippen molar-refractivity contribution in [1.82, 2.24) is 20.1 Å². The summed E-state index contributed by atoms with van der Waals surface area (Å²) in [6, 6.07) is 3.68. The van der Waals surface area contributed by atoms with Crippen molar-refractivity contribution in [3.63, 3.8) is 0 Å². The molecule has 1 atom stereocenters. The fraction of sp³-hybridized carbons (Fsp3) is 0.429. The number of aromatic nitrogens is 3. The van der Waals surface area contributed by atoms with Crippen molar-refractivity contribution in [2.24, 2.45) is 0 Å². The first-order valence-electron chi connectivity index (χ1n) is 7.34. The third kappa shape index (κ3) is 4.95. The van der Waals surface area contributed by atoms with E-state index in [1.54, 1.807) is 12.4 Å². The van der Waals surface area contributed by atoms with Crippen LogP contribution in [-0.2, 0) is 9.53 Å².